The number of hydrogen-bond donors (Lipinski definition) is 0. The van der Waals surface area contributed by atoms with E-state index < -0.39 is 5.82 Å². The van der Waals surface area contributed by atoms with E-state index >= 15 is 0 Å². The average Bonchev–Trinajstić information content (AvgIpc) is 3.41. The Balaban J connectivity index is 1.48. The molecule has 40 heavy (non-hydrogen) atoms. The van der Waals surface area contributed by atoms with Crippen molar-refractivity contribution in [1.29, 1.82) is 0 Å². The highest BCUT2D eigenvalue weighted by Crippen LogP contribution is 2.47. The Morgan fingerprint density at radius 1 is 0.825 bits per heavy atom. The third-order valence-corrected chi connectivity index (χ3v) is 7.64. The van der Waals surface area contributed by atoms with Gasteiger partial charge < -0.3 is 4.74 Å². The zero-order chi connectivity index (χ0) is 28.2. The average molecular weight is 537 g/mol. The minimum absolute atomic E-state index is 0.0353. The van der Waals surface area contributed by atoms with Crippen molar-refractivity contribution in [1.82, 2.24) is 0 Å². The second-order valence-corrected chi connectivity index (χ2v) is 10.2. The first-order valence-electron chi connectivity index (χ1n) is 13.4. The normalized spacial score (nSPS) is 16.4. The molecule has 5 heteroatoms. The fraction of sp³-hybridized carbons (Fsp3) is 0.200. The fourth-order valence-electron chi connectivity index (χ4n) is 5.56. The van der Waals surface area contributed by atoms with Gasteiger partial charge >= 0.3 is 0 Å². The van der Waals surface area contributed by atoms with E-state index in [-0.39, 0.29) is 29.2 Å². The zero-order valence-electron chi connectivity index (χ0n) is 22.5. The van der Waals surface area contributed by atoms with Gasteiger partial charge in [0.1, 0.15) is 17.4 Å². The van der Waals surface area contributed by atoms with Crippen LogP contribution in [0.5, 0.6) is 5.75 Å². The number of allylic oxidation sites excluding steroid dienone is 2. The van der Waals surface area contributed by atoms with Gasteiger partial charge in [0, 0.05) is 34.1 Å². The van der Waals surface area contributed by atoms with Crippen LogP contribution in [-0.4, -0.2) is 18.7 Å². The number of carbonyl (C=O) groups excluding carboxylic acids is 2. The van der Waals surface area contributed by atoms with Crippen LogP contribution in [0.3, 0.4) is 0 Å². The summed E-state index contributed by atoms with van der Waals surface area (Å²) in [7, 11) is 1.63. The van der Waals surface area contributed by atoms with Crippen LogP contribution in [0.4, 0.5) is 8.78 Å². The van der Waals surface area contributed by atoms with Crippen molar-refractivity contribution < 1.29 is 23.1 Å². The number of ether oxygens (including phenoxy) is 1. The van der Waals surface area contributed by atoms with Crippen molar-refractivity contribution in [3.8, 4) is 5.75 Å². The third kappa shape index (κ3) is 5.79. The molecule has 5 rings (SSSR count). The second kappa shape index (κ2) is 11.8. The molecule has 0 aliphatic heterocycles. The van der Waals surface area contributed by atoms with Crippen molar-refractivity contribution in [3.63, 3.8) is 0 Å². The monoisotopic (exact) mass is 536 g/mol. The number of ketones is 2. The molecule has 0 fully saturated rings. The minimum atomic E-state index is -0.466. The molecule has 0 heterocycles. The molecule has 202 valence electrons. The topological polar surface area (TPSA) is 43.4 Å². The lowest BCUT2D eigenvalue weighted by Crippen LogP contribution is -2.11. The Bertz CT molecular complexity index is 1570. The summed E-state index contributed by atoms with van der Waals surface area (Å²) < 4.78 is 33.6. The largest absolute Gasteiger partial charge is 0.496 e. The predicted octanol–water partition coefficient (Wildman–Crippen LogP) is 8.04. The Kier molecular flexibility index (Phi) is 8.01. The first kappa shape index (κ1) is 27.2. The summed E-state index contributed by atoms with van der Waals surface area (Å²) in [4.78, 5) is 25.3. The molecule has 1 aliphatic carbocycles. The van der Waals surface area contributed by atoms with Gasteiger partial charge in [0.15, 0.2) is 11.6 Å². The number of benzene rings is 4. The Morgan fingerprint density at radius 3 is 2.23 bits per heavy atom. The summed E-state index contributed by atoms with van der Waals surface area (Å²) in [5, 5.41) is 0. The summed E-state index contributed by atoms with van der Waals surface area (Å²) in [5.74, 6) is -0.636. The van der Waals surface area contributed by atoms with E-state index in [0.29, 0.717) is 29.5 Å². The SMILES string of the molecule is COc1c(CCc2ccc(C(C)=O)cc2)cccc1C1CC(c2ccc(F)cc2)C=C1C(=O)c1cccc(F)c1. The Hall–Kier alpha value is -4.38. The van der Waals surface area contributed by atoms with Crippen molar-refractivity contribution >= 4 is 11.6 Å². The molecule has 0 saturated carbocycles. The van der Waals surface area contributed by atoms with Crippen LogP contribution in [0.2, 0.25) is 0 Å². The molecule has 4 aromatic rings. The molecule has 2 unspecified atom stereocenters. The zero-order valence-corrected chi connectivity index (χ0v) is 22.5. The van der Waals surface area contributed by atoms with Crippen LogP contribution in [0.15, 0.2) is 103 Å². The number of carbonyl (C=O) groups is 2. The van der Waals surface area contributed by atoms with Crippen LogP contribution in [0.1, 0.15) is 68.2 Å². The van der Waals surface area contributed by atoms with Gasteiger partial charge in [-0.3, -0.25) is 9.59 Å². The molecule has 0 radical (unpaired) electrons. The first-order chi connectivity index (χ1) is 19.3. The molecule has 0 saturated heterocycles. The van der Waals surface area contributed by atoms with E-state index in [1.807, 2.05) is 48.5 Å². The lowest BCUT2D eigenvalue weighted by molar-refractivity contribution is 0.101. The highest BCUT2D eigenvalue weighted by Gasteiger charge is 2.35. The van der Waals surface area contributed by atoms with Gasteiger partial charge in [-0.05, 0) is 67.1 Å². The van der Waals surface area contributed by atoms with Gasteiger partial charge in [0.25, 0.3) is 0 Å². The van der Waals surface area contributed by atoms with Gasteiger partial charge in [-0.1, -0.05) is 72.8 Å². The molecule has 0 spiro atoms. The second-order valence-electron chi connectivity index (χ2n) is 10.2. The summed E-state index contributed by atoms with van der Waals surface area (Å²) >= 11 is 0. The molecule has 0 N–H and O–H groups in total. The van der Waals surface area contributed by atoms with Gasteiger partial charge in [-0.15, -0.1) is 0 Å². The number of methoxy groups -OCH3 is 1. The minimum Gasteiger partial charge on any atom is -0.496 e. The third-order valence-electron chi connectivity index (χ3n) is 7.64. The number of halogens is 2. The van der Waals surface area contributed by atoms with E-state index in [4.69, 9.17) is 4.74 Å². The highest BCUT2D eigenvalue weighted by atomic mass is 19.1. The molecule has 0 aromatic heterocycles. The van der Waals surface area contributed by atoms with Crippen LogP contribution >= 0.6 is 0 Å². The maximum Gasteiger partial charge on any atom is 0.189 e. The van der Waals surface area contributed by atoms with E-state index in [9.17, 15) is 18.4 Å². The molecule has 4 aromatic carbocycles. The van der Waals surface area contributed by atoms with Crippen LogP contribution in [0.25, 0.3) is 0 Å². The smallest absolute Gasteiger partial charge is 0.189 e. The van der Waals surface area contributed by atoms with E-state index in [1.54, 1.807) is 32.2 Å². The number of hydrogen-bond acceptors (Lipinski definition) is 3. The van der Waals surface area contributed by atoms with Crippen LogP contribution < -0.4 is 4.74 Å². The van der Waals surface area contributed by atoms with E-state index in [1.165, 1.54) is 30.3 Å². The quantitative estimate of drug-likeness (QED) is 0.203. The molecule has 1 aliphatic rings. The Labute approximate surface area is 233 Å². The van der Waals surface area contributed by atoms with Gasteiger partial charge in [-0.2, -0.15) is 0 Å². The van der Waals surface area contributed by atoms with Gasteiger partial charge in [0.05, 0.1) is 7.11 Å². The summed E-state index contributed by atoms with van der Waals surface area (Å²) in [6, 6.07) is 25.7. The molecule has 3 nitrogen and oxygen atoms in total. The molecular weight excluding hydrogens is 506 g/mol. The van der Waals surface area contributed by atoms with Gasteiger partial charge in [-0.25, -0.2) is 8.78 Å². The lowest BCUT2D eigenvalue weighted by Gasteiger charge is -2.21. The number of aryl methyl sites for hydroxylation is 2. The highest BCUT2D eigenvalue weighted by molar-refractivity contribution is 6.10. The van der Waals surface area contributed by atoms with Crippen molar-refractivity contribution in [2.75, 3.05) is 7.11 Å². The van der Waals surface area contributed by atoms with Crippen molar-refractivity contribution in [2.45, 2.75) is 38.0 Å². The van der Waals surface area contributed by atoms with Crippen molar-refractivity contribution in [3.05, 3.63) is 148 Å². The molecule has 0 amide bonds. The van der Waals surface area contributed by atoms with Gasteiger partial charge in [0.2, 0.25) is 0 Å². The number of rotatable bonds is 9. The fourth-order valence-corrected chi connectivity index (χ4v) is 5.56. The first-order valence-corrected chi connectivity index (χ1v) is 13.4. The van der Waals surface area contributed by atoms with Crippen molar-refractivity contribution in [2.24, 2.45) is 0 Å². The maximum atomic E-state index is 14.0. The summed E-state index contributed by atoms with van der Waals surface area (Å²) in [5.41, 5.74) is 5.48. The van der Waals surface area contributed by atoms with E-state index in [0.717, 1.165) is 34.4 Å². The maximum absolute atomic E-state index is 14.0. The summed E-state index contributed by atoms with van der Waals surface area (Å²) in [6.07, 6.45) is 4.01. The predicted molar refractivity (Wildman–Crippen MR) is 152 cm³/mol. The lowest BCUT2D eigenvalue weighted by atomic mass is 9.85. The molecule has 2 atom stereocenters. The standard InChI is InChI=1S/C35H30F2O3/c1-22(38)24-12-9-23(10-13-24)11-14-26-5-4-8-31(35(26)40-2)32-20-28(25-15-17-29(36)18-16-25)21-33(32)34(39)27-6-3-7-30(37)19-27/h3-10,12-13,15-19,21,28,32H,11,14,20H2,1-2H3. The molecular formula is C35H30F2O3. The number of Topliss-reactive ketones (excluding diaryl/α,β-unsaturated/α-hetero) is 2. The number of para-hydroxylation sites is 1. The Morgan fingerprint density at radius 2 is 1.55 bits per heavy atom. The van der Waals surface area contributed by atoms with Crippen LogP contribution in [-0.2, 0) is 12.8 Å². The van der Waals surface area contributed by atoms with Crippen LogP contribution in [0, 0.1) is 11.6 Å². The molecule has 0 bridgehead atoms. The van der Waals surface area contributed by atoms with E-state index in [2.05, 4.69) is 0 Å². The summed E-state index contributed by atoms with van der Waals surface area (Å²) in [6.45, 7) is 1.55.